The Kier molecular flexibility index (Phi) is 5.11. The Bertz CT molecular complexity index is 447. The maximum absolute atomic E-state index is 12.1. The Labute approximate surface area is 123 Å². The minimum Gasteiger partial charge on any atom is -0.406 e. The summed E-state index contributed by atoms with van der Waals surface area (Å²) in [6.07, 6.45) is -3.48. The molecule has 1 N–H and O–H groups in total. The summed E-state index contributed by atoms with van der Waals surface area (Å²) < 4.78 is 40.3. The molecule has 1 aromatic rings. The number of likely N-dealkylation sites (tertiary alicyclic amines) is 1. The van der Waals surface area contributed by atoms with Crippen molar-refractivity contribution in [1.29, 1.82) is 0 Å². The van der Waals surface area contributed by atoms with Gasteiger partial charge in [-0.2, -0.15) is 0 Å². The first-order chi connectivity index (χ1) is 9.89. The van der Waals surface area contributed by atoms with Gasteiger partial charge in [0, 0.05) is 12.6 Å². The number of benzene rings is 1. The summed E-state index contributed by atoms with van der Waals surface area (Å²) in [5, 5.41) is 3.19. The fraction of sp³-hybridized carbons (Fsp3) is 0.600. The number of halogens is 3. The lowest BCUT2D eigenvalue weighted by molar-refractivity contribution is -0.274. The lowest BCUT2D eigenvalue weighted by Gasteiger charge is -2.25. The van der Waals surface area contributed by atoms with Crippen LogP contribution in [0.5, 0.6) is 5.75 Å². The zero-order valence-corrected chi connectivity index (χ0v) is 12.3. The predicted octanol–water partition coefficient (Wildman–Crippen LogP) is 3.19. The maximum atomic E-state index is 12.1. The summed E-state index contributed by atoms with van der Waals surface area (Å²) >= 11 is 0. The zero-order chi connectivity index (χ0) is 15.5. The van der Waals surface area contributed by atoms with Gasteiger partial charge in [-0.1, -0.05) is 12.1 Å². The van der Waals surface area contributed by atoms with Crippen LogP contribution in [0.15, 0.2) is 24.3 Å². The first kappa shape index (κ1) is 16.1. The molecular formula is C15H21F3N2O. The lowest BCUT2D eigenvalue weighted by Crippen LogP contribution is -2.27. The van der Waals surface area contributed by atoms with E-state index in [1.165, 1.54) is 12.1 Å². The van der Waals surface area contributed by atoms with Crippen LogP contribution in [0.25, 0.3) is 0 Å². The second-order valence-electron chi connectivity index (χ2n) is 5.50. The van der Waals surface area contributed by atoms with Crippen molar-refractivity contribution in [3.8, 4) is 5.75 Å². The molecule has 1 saturated heterocycles. The van der Waals surface area contributed by atoms with Gasteiger partial charge in [0.1, 0.15) is 5.75 Å². The molecule has 0 radical (unpaired) electrons. The van der Waals surface area contributed by atoms with Gasteiger partial charge in [0.05, 0.1) is 0 Å². The average molecular weight is 302 g/mol. The van der Waals surface area contributed by atoms with E-state index in [9.17, 15) is 13.2 Å². The third-order valence-corrected chi connectivity index (χ3v) is 3.95. The molecule has 3 nitrogen and oxygen atoms in total. The van der Waals surface area contributed by atoms with Crippen molar-refractivity contribution < 1.29 is 17.9 Å². The second-order valence-corrected chi connectivity index (χ2v) is 5.50. The van der Waals surface area contributed by atoms with E-state index in [1.54, 1.807) is 12.1 Å². The number of hydrogen-bond donors (Lipinski definition) is 1. The van der Waals surface area contributed by atoms with Crippen LogP contribution in [0.3, 0.4) is 0 Å². The molecule has 2 unspecified atom stereocenters. The van der Waals surface area contributed by atoms with Crippen LogP contribution in [0.2, 0.25) is 0 Å². The molecule has 1 heterocycles. The van der Waals surface area contributed by atoms with Gasteiger partial charge in [0.25, 0.3) is 0 Å². The number of nitrogens with one attached hydrogen (secondary N) is 1. The highest BCUT2D eigenvalue weighted by molar-refractivity contribution is 5.29. The molecular weight excluding hydrogens is 281 g/mol. The fourth-order valence-electron chi connectivity index (χ4n) is 2.83. The van der Waals surface area contributed by atoms with Gasteiger partial charge >= 0.3 is 6.36 Å². The molecule has 21 heavy (non-hydrogen) atoms. The number of nitrogens with zero attached hydrogens (tertiary/aromatic N) is 1. The molecule has 1 aromatic carbocycles. The Balaban J connectivity index is 1.95. The van der Waals surface area contributed by atoms with E-state index in [2.05, 4.69) is 21.9 Å². The Morgan fingerprint density at radius 1 is 1.33 bits per heavy atom. The average Bonchev–Trinajstić information content (AvgIpc) is 2.86. The quantitative estimate of drug-likeness (QED) is 0.904. The van der Waals surface area contributed by atoms with E-state index in [4.69, 9.17) is 0 Å². The molecule has 0 aliphatic carbocycles. The number of hydrogen-bond acceptors (Lipinski definition) is 3. The highest BCUT2D eigenvalue weighted by atomic mass is 19.4. The number of rotatable bonds is 5. The summed E-state index contributed by atoms with van der Waals surface area (Å²) in [6.45, 7) is 5.13. The van der Waals surface area contributed by atoms with Crippen LogP contribution in [-0.4, -0.2) is 37.9 Å². The van der Waals surface area contributed by atoms with Crippen molar-refractivity contribution in [3.63, 3.8) is 0 Å². The van der Waals surface area contributed by atoms with E-state index >= 15 is 0 Å². The normalized spacial score (nSPS) is 21.5. The maximum Gasteiger partial charge on any atom is 0.573 e. The Morgan fingerprint density at radius 3 is 2.57 bits per heavy atom. The lowest BCUT2D eigenvalue weighted by atomic mass is 10.1. The molecule has 0 spiro atoms. The standard InChI is InChI=1S/C15H21F3N2O/c1-11(20-8-7-12(10-20)9-19-2)13-3-5-14(6-4-13)21-15(16,17)18/h3-6,11-12,19H,7-10H2,1-2H3. The molecule has 0 bridgehead atoms. The SMILES string of the molecule is CNCC1CCN(C(C)c2ccc(OC(F)(F)F)cc2)C1. The molecule has 118 valence electrons. The third-order valence-electron chi connectivity index (χ3n) is 3.95. The molecule has 2 rings (SSSR count). The summed E-state index contributed by atoms with van der Waals surface area (Å²) in [4.78, 5) is 2.36. The van der Waals surface area contributed by atoms with E-state index in [0.29, 0.717) is 5.92 Å². The van der Waals surface area contributed by atoms with Crippen LogP contribution in [-0.2, 0) is 0 Å². The van der Waals surface area contributed by atoms with Crippen molar-refractivity contribution in [2.75, 3.05) is 26.7 Å². The van der Waals surface area contributed by atoms with Crippen LogP contribution < -0.4 is 10.1 Å². The van der Waals surface area contributed by atoms with Crippen molar-refractivity contribution >= 4 is 0 Å². The molecule has 1 aliphatic heterocycles. The van der Waals surface area contributed by atoms with Crippen molar-refractivity contribution in [1.82, 2.24) is 10.2 Å². The molecule has 2 atom stereocenters. The minimum absolute atomic E-state index is 0.173. The van der Waals surface area contributed by atoms with Crippen LogP contribution in [0.4, 0.5) is 13.2 Å². The number of ether oxygens (including phenoxy) is 1. The summed E-state index contributed by atoms with van der Waals surface area (Å²) in [6, 6.07) is 6.36. The smallest absolute Gasteiger partial charge is 0.406 e. The van der Waals surface area contributed by atoms with E-state index in [-0.39, 0.29) is 11.8 Å². The van der Waals surface area contributed by atoms with Crippen molar-refractivity contribution in [3.05, 3.63) is 29.8 Å². The van der Waals surface area contributed by atoms with E-state index < -0.39 is 6.36 Å². The van der Waals surface area contributed by atoms with Gasteiger partial charge in [0.2, 0.25) is 0 Å². The summed E-state index contributed by atoms with van der Waals surface area (Å²) in [7, 11) is 1.95. The van der Waals surface area contributed by atoms with Gasteiger partial charge in [0.15, 0.2) is 0 Å². The molecule has 6 heteroatoms. The van der Waals surface area contributed by atoms with Crippen LogP contribution in [0.1, 0.15) is 24.9 Å². The third kappa shape index (κ3) is 4.61. The Hall–Kier alpha value is -1.27. The van der Waals surface area contributed by atoms with Crippen molar-refractivity contribution in [2.24, 2.45) is 5.92 Å². The monoisotopic (exact) mass is 302 g/mol. The zero-order valence-electron chi connectivity index (χ0n) is 12.3. The predicted molar refractivity (Wildman–Crippen MR) is 75.1 cm³/mol. The van der Waals surface area contributed by atoms with Crippen LogP contribution in [0, 0.1) is 5.92 Å². The van der Waals surface area contributed by atoms with Gasteiger partial charge in [-0.15, -0.1) is 13.2 Å². The molecule has 0 amide bonds. The second kappa shape index (κ2) is 6.66. The largest absolute Gasteiger partial charge is 0.573 e. The van der Waals surface area contributed by atoms with E-state index in [1.807, 2.05) is 7.05 Å². The van der Waals surface area contributed by atoms with Gasteiger partial charge in [-0.05, 0) is 57.1 Å². The van der Waals surface area contributed by atoms with Gasteiger partial charge in [-0.3, -0.25) is 4.90 Å². The van der Waals surface area contributed by atoms with Crippen LogP contribution >= 0.6 is 0 Å². The summed E-state index contributed by atoms with van der Waals surface area (Å²) in [5.74, 6) is 0.471. The summed E-state index contributed by atoms with van der Waals surface area (Å²) in [5.41, 5.74) is 1.01. The van der Waals surface area contributed by atoms with Crippen molar-refractivity contribution in [2.45, 2.75) is 25.7 Å². The highest BCUT2D eigenvalue weighted by Crippen LogP contribution is 2.29. The molecule has 0 saturated carbocycles. The van der Waals surface area contributed by atoms with Gasteiger partial charge in [-0.25, -0.2) is 0 Å². The topological polar surface area (TPSA) is 24.5 Å². The highest BCUT2D eigenvalue weighted by Gasteiger charge is 2.31. The molecule has 0 aromatic heterocycles. The van der Waals surface area contributed by atoms with E-state index in [0.717, 1.165) is 31.6 Å². The first-order valence-corrected chi connectivity index (χ1v) is 7.13. The fourth-order valence-corrected chi connectivity index (χ4v) is 2.83. The van der Waals surface area contributed by atoms with Gasteiger partial charge < -0.3 is 10.1 Å². The molecule has 1 fully saturated rings. The Morgan fingerprint density at radius 2 is 2.00 bits per heavy atom. The minimum atomic E-state index is -4.64. The molecule has 1 aliphatic rings. The first-order valence-electron chi connectivity index (χ1n) is 7.13. The number of alkyl halides is 3.